The third-order valence-electron chi connectivity index (χ3n) is 5.30. The quantitative estimate of drug-likeness (QED) is 0.707. The van der Waals surface area contributed by atoms with E-state index in [1.165, 1.54) is 5.56 Å². The molecule has 0 saturated carbocycles. The van der Waals surface area contributed by atoms with Gasteiger partial charge in [-0.25, -0.2) is 0 Å². The van der Waals surface area contributed by atoms with Gasteiger partial charge in [0.2, 0.25) is 0 Å². The first-order chi connectivity index (χ1) is 12.5. The van der Waals surface area contributed by atoms with Crippen LogP contribution in [-0.2, 0) is 20.7 Å². The lowest BCUT2D eigenvalue weighted by atomic mass is 9.92. The minimum atomic E-state index is -0.685. The van der Waals surface area contributed by atoms with E-state index in [1.807, 2.05) is 33.8 Å². The van der Waals surface area contributed by atoms with Crippen LogP contribution in [-0.4, -0.2) is 48.8 Å². The van der Waals surface area contributed by atoms with Gasteiger partial charge in [-0.2, -0.15) is 0 Å². The zero-order valence-corrected chi connectivity index (χ0v) is 16.7. The Balaban J connectivity index is 0.000000948. The van der Waals surface area contributed by atoms with Crippen LogP contribution < -0.4 is 0 Å². The van der Waals surface area contributed by atoms with E-state index in [2.05, 4.69) is 30.1 Å². The Labute approximate surface area is 157 Å². The third-order valence-corrected chi connectivity index (χ3v) is 5.30. The summed E-state index contributed by atoms with van der Waals surface area (Å²) in [6.45, 7) is 9.83. The van der Waals surface area contributed by atoms with E-state index in [4.69, 9.17) is 9.47 Å². The predicted octanol–water partition coefficient (Wildman–Crippen LogP) is 3.84. The molecule has 1 aromatic carbocycles. The average molecular weight is 357 g/mol. The lowest BCUT2D eigenvalue weighted by Gasteiger charge is -2.23. The number of nitrogens with zero attached hydrogens (tertiary/aromatic N) is 1. The number of carbonyl (C=O) groups is 1. The SMILES string of the molecule is CC.CN1CCCC2=C(C(=O)[C@H]3OC(C)(C)O[C@@H]23)c2ccccc2CC1. The summed E-state index contributed by atoms with van der Waals surface area (Å²) < 4.78 is 12.0. The number of Topliss-reactive ketones (excluding diaryl/α,β-unsaturated/α-hetero) is 1. The zero-order chi connectivity index (χ0) is 18.9. The second-order valence-electron chi connectivity index (χ2n) is 7.56. The molecule has 0 amide bonds. The summed E-state index contributed by atoms with van der Waals surface area (Å²) in [5, 5.41) is 0. The molecule has 0 bridgehead atoms. The summed E-state index contributed by atoms with van der Waals surface area (Å²) in [4.78, 5) is 15.5. The fourth-order valence-corrected chi connectivity index (χ4v) is 4.17. The molecule has 4 heteroatoms. The molecule has 4 rings (SSSR count). The molecular formula is C22H31NO3. The van der Waals surface area contributed by atoms with E-state index in [9.17, 15) is 4.79 Å². The number of carbonyl (C=O) groups excluding carboxylic acids is 1. The van der Waals surface area contributed by atoms with E-state index in [0.717, 1.165) is 49.1 Å². The van der Waals surface area contributed by atoms with Crippen LogP contribution >= 0.6 is 0 Å². The highest BCUT2D eigenvalue weighted by Gasteiger charge is 2.53. The summed E-state index contributed by atoms with van der Waals surface area (Å²) in [6.07, 6.45) is 2.19. The number of likely N-dealkylation sites (N-methyl/N-ethyl adjacent to an activating group) is 1. The van der Waals surface area contributed by atoms with Crippen LogP contribution in [0.25, 0.3) is 5.57 Å². The highest BCUT2D eigenvalue weighted by Crippen LogP contribution is 2.45. The van der Waals surface area contributed by atoms with Gasteiger partial charge >= 0.3 is 0 Å². The molecule has 0 unspecified atom stereocenters. The second kappa shape index (κ2) is 7.63. The molecule has 1 aliphatic carbocycles. The van der Waals surface area contributed by atoms with Gasteiger partial charge in [0.25, 0.3) is 0 Å². The molecule has 1 saturated heterocycles. The zero-order valence-electron chi connectivity index (χ0n) is 16.7. The number of rotatable bonds is 0. The number of hydrogen-bond donors (Lipinski definition) is 0. The molecule has 4 nitrogen and oxygen atoms in total. The molecule has 2 atom stereocenters. The van der Waals surface area contributed by atoms with Crippen LogP contribution in [0.15, 0.2) is 29.8 Å². The van der Waals surface area contributed by atoms with E-state index in [-0.39, 0.29) is 11.9 Å². The lowest BCUT2D eigenvalue weighted by Crippen LogP contribution is -2.26. The maximum absolute atomic E-state index is 13.1. The number of ketones is 1. The van der Waals surface area contributed by atoms with Crippen LogP contribution in [0.3, 0.4) is 0 Å². The van der Waals surface area contributed by atoms with Gasteiger partial charge in [0, 0.05) is 12.1 Å². The number of hydrogen-bond acceptors (Lipinski definition) is 4. The molecule has 26 heavy (non-hydrogen) atoms. The standard InChI is InChI=1S/C20H25NO3.C2H6/c1-20(2)23-18-15-9-6-11-21(3)12-10-13-7-4-5-8-14(13)16(15)17(22)19(18)24-20;1-2/h4-5,7-8,18-19H,6,9-12H2,1-3H3;1-2H3/t18-,19+;/m0./s1. The third kappa shape index (κ3) is 3.51. The van der Waals surface area contributed by atoms with Crippen molar-refractivity contribution in [2.45, 2.75) is 65.0 Å². The average Bonchev–Trinajstić information content (AvgIpc) is 3.07. The fourth-order valence-electron chi connectivity index (χ4n) is 4.17. The van der Waals surface area contributed by atoms with Gasteiger partial charge in [-0.15, -0.1) is 0 Å². The van der Waals surface area contributed by atoms with Crippen LogP contribution in [0.4, 0.5) is 0 Å². The summed E-state index contributed by atoms with van der Waals surface area (Å²) >= 11 is 0. The smallest absolute Gasteiger partial charge is 0.195 e. The largest absolute Gasteiger partial charge is 0.340 e. The number of fused-ring (bicyclic) bond motifs is 4. The van der Waals surface area contributed by atoms with Crippen molar-refractivity contribution in [3.63, 3.8) is 0 Å². The van der Waals surface area contributed by atoms with Gasteiger partial charge in [-0.1, -0.05) is 38.1 Å². The fraction of sp³-hybridized carbons (Fsp3) is 0.591. The van der Waals surface area contributed by atoms with Crippen molar-refractivity contribution in [1.82, 2.24) is 4.90 Å². The molecule has 1 fully saturated rings. The Hall–Kier alpha value is -1.49. The Morgan fingerprint density at radius 1 is 1.04 bits per heavy atom. The molecule has 0 radical (unpaired) electrons. The van der Waals surface area contributed by atoms with Gasteiger partial charge in [-0.3, -0.25) is 4.79 Å². The highest BCUT2D eigenvalue weighted by atomic mass is 16.8. The van der Waals surface area contributed by atoms with Crippen LogP contribution in [0.2, 0.25) is 0 Å². The Bertz CT molecular complexity index is 707. The van der Waals surface area contributed by atoms with Crippen molar-refractivity contribution in [2.24, 2.45) is 0 Å². The van der Waals surface area contributed by atoms with Crippen molar-refractivity contribution in [3.8, 4) is 0 Å². The molecule has 3 aliphatic rings. The molecule has 2 aliphatic heterocycles. The second-order valence-corrected chi connectivity index (χ2v) is 7.56. The molecule has 1 aromatic rings. The van der Waals surface area contributed by atoms with E-state index < -0.39 is 11.9 Å². The summed E-state index contributed by atoms with van der Waals surface area (Å²) in [5.74, 6) is -0.586. The first kappa shape index (κ1) is 19.3. The van der Waals surface area contributed by atoms with E-state index >= 15 is 0 Å². The highest BCUT2D eigenvalue weighted by molar-refractivity contribution is 6.27. The van der Waals surface area contributed by atoms with E-state index in [0.29, 0.717) is 0 Å². The Morgan fingerprint density at radius 3 is 2.50 bits per heavy atom. The number of ether oxygens (including phenoxy) is 2. The summed E-state index contributed by atoms with van der Waals surface area (Å²) in [6, 6.07) is 8.30. The Morgan fingerprint density at radius 2 is 1.73 bits per heavy atom. The first-order valence-corrected chi connectivity index (χ1v) is 9.86. The van der Waals surface area contributed by atoms with E-state index in [1.54, 1.807) is 0 Å². The van der Waals surface area contributed by atoms with Gasteiger partial charge < -0.3 is 14.4 Å². The van der Waals surface area contributed by atoms with Gasteiger partial charge in [0.05, 0.1) is 0 Å². The monoisotopic (exact) mass is 357 g/mol. The van der Waals surface area contributed by atoms with Gasteiger partial charge in [-0.05, 0) is 63.4 Å². The van der Waals surface area contributed by atoms with Crippen molar-refractivity contribution < 1.29 is 14.3 Å². The molecule has 142 valence electrons. The van der Waals surface area contributed by atoms with Crippen molar-refractivity contribution in [3.05, 3.63) is 41.0 Å². The minimum Gasteiger partial charge on any atom is -0.340 e. The first-order valence-electron chi connectivity index (χ1n) is 9.86. The summed E-state index contributed by atoms with van der Waals surface area (Å²) in [5.41, 5.74) is 4.32. The predicted molar refractivity (Wildman–Crippen MR) is 104 cm³/mol. The Kier molecular flexibility index (Phi) is 5.66. The van der Waals surface area contributed by atoms with Gasteiger partial charge in [0.15, 0.2) is 17.7 Å². The minimum absolute atomic E-state index is 0.0990. The van der Waals surface area contributed by atoms with Crippen LogP contribution in [0.5, 0.6) is 0 Å². The molecule has 0 spiro atoms. The normalized spacial score (nSPS) is 28.0. The van der Waals surface area contributed by atoms with Crippen molar-refractivity contribution in [2.75, 3.05) is 20.1 Å². The maximum Gasteiger partial charge on any atom is 0.195 e. The van der Waals surface area contributed by atoms with Crippen molar-refractivity contribution >= 4 is 11.4 Å². The molecular weight excluding hydrogens is 326 g/mol. The van der Waals surface area contributed by atoms with Gasteiger partial charge in [0.1, 0.15) is 6.10 Å². The topological polar surface area (TPSA) is 38.8 Å². The number of benzene rings is 1. The van der Waals surface area contributed by atoms with Crippen LogP contribution in [0.1, 0.15) is 51.7 Å². The lowest BCUT2D eigenvalue weighted by molar-refractivity contribution is -0.152. The maximum atomic E-state index is 13.1. The van der Waals surface area contributed by atoms with Crippen LogP contribution in [0, 0.1) is 0 Å². The van der Waals surface area contributed by atoms with Crippen molar-refractivity contribution in [1.29, 1.82) is 0 Å². The molecule has 0 aromatic heterocycles. The molecule has 0 N–H and O–H groups in total. The summed E-state index contributed by atoms with van der Waals surface area (Å²) in [7, 11) is 2.17. The molecule has 2 heterocycles.